The Morgan fingerprint density at radius 2 is 1.75 bits per heavy atom. The standard InChI is InChI=1S/C20H28ClN3O3S/c21-17-7-5-15(6-8-17)13-24-14-16-9-11-23(12-10-19(16)28(24,26)27)20(25)22-18-3-1-2-4-18/h5-8,16,18-19H,1-4,9-14H2,(H,22,25)/t16-,19+/m0/s1. The molecule has 28 heavy (non-hydrogen) atoms. The SMILES string of the molecule is O=C(NC1CCCC1)N1CC[C@H]2CN(Cc3ccc(Cl)cc3)S(=O)(=O)[C@@H]2CC1. The molecule has 2 heterocycles. The highest BCUT2D eigenvalue weighted by molar-refractivity contribution is 7.90. The van der Waals surface area contributed by atoms with Gasteiger partial charge in [-0.15, -0.1) is 0 Å². The summed E-state index contributed by atoms with van der Waals surface area (Å²) in [6, 6.07) is 7.59. The van der Waals surface area contributed by atoms with Crippen LogP contribution in [0.4, 0.5) is 4.79 Å². The van der Waals surface area contributed by atoms with Crippen molar-refractivity contribution in [3.8, 4) is 0 Å². The Balaban J connectivity index is 1.38. The molecule has 0 aromatic heterocycles. The fourth-order valence-corrected chi connectivity index (χ4v) is 7.13. The number of carbonyl (C=O) groups is 1. The molecular weight excluding hydrogens is 398 g/mol. The van der Waals surface area contributed by atoms with E-state index in [-0.39, 0.29) is 23.2 Å². The number of sulfonamides is 1. The molecule has 2 saturated heterocycles. The lowest BCUT2D eigenvalue weighted by atomic mass is 10.0. The van der Waals surface area contributed by atoms with E-state index >= 15 is 0 Å². The van der Waals surface area contributed by atoms with Crippen LogP contribution in [0.1, 0.15) is 44.1 Å². The van der Waals surface area contributed by atoms with Gasteiger partial charge in [0.1, 0.15) is 0 Å². The van der Waals surface area contributed by atoms with Gasteiger partial charge in [0.05, 0.1) is 5.25 Å². The number of hydrogen-bond donors (Lipinski definition) is 1. The molecule has 1 aromatic carbocycles. The molecule has 0 radical (unpaired) electrons. The Labute approximate surface area is 172 Å². The maximum absolute atomic E-state index is 13.1. The minimum Gasteiger partial charge on any atom is -0.335 e. The number of hydrogen-bond acceptors (Lipinski definition) is 3. The van der Waals surface area contributed by atoms with E-state index in [2.05, 4.69) is 5.32 Å². The number of rotatable bonds is 3. The first-order valence-electron chi connectivity index (χ1n) is 10.2. The number of benzene rings is 1. The smallest absolute Gasteiger partial charge is 0.317 e. The lowest BCUT2D eigenvalue weighted by molar-refractivity contribution is 0.194. The molecule has 0 bridgehead atoms. The van der Waals surface area contributed by atoms with Crippen LogP contribution < -0.4 is 5.32 Å². The summed E-state index contributed by atoms with van der Waals surface area (Å²) in [5.74, 6) is 0.0848. The number of carbonyl (C=O) groups excluding carboxylic acids is 1. The van der Waals surface area contributed by atoms with Crippen LogP contribution in [0.15, 0.2) is 24.3 Å². The summed E-state index contributed by atoms with van der Waals surface area (Å²) in [5, 5.41) is 3.39. The molecule has 8 heteroatoms. The molecule has 0 unspecified atom stereocenters. The van der Waals surface area contributed by atoms with Gasteiger partial charge < -0.3 is 10.2 Å². The van der Waals surface area contributed by atoms with E-state index in [0.29, 0.717) is 37.6 Å². The predicted molar refractivity (Wildman–Crippen MR) is 110 cm³/mol. The third-order valence-electron chi connectivity index (χ3n) is 6.40. The number of nitrogens with zero attached hydrogens (tertiary/aromatic N) is 2. The van der Waals surface area contributed by atoms with Crippen molar-refractivity contribution in [2.24, 2.45) is 5.92 Å². The van der Waals surface area contributed by atoms with E-state index in [9.17, 15) is 13.2 Å². The topological polar surface area (TPSA) is 69.7 Å². The first kappa shape index (κ1) is 20.0. The van der Waals surface area contributed by atoms with Gasteiger partial charge in [0.15, 0.2) is 0 Å². The van der Waals surface area contributed by atoms with Crippen LogP contribution in [0.5, 0.6) is 0 Å². The van der Waals surface area contributed by atoms with Crippen molar-refractivity contribution >= 4 is 27.7 Å². The highest BCUT2D eigenvalue weighted by atomic mass is 35.5. The third kappa shape index (κ3) is 4.16. The Hall–Kier alpha value is -1.31. The summed E-state index contributed by atoms with van der Waals surface area (Å²) in [5.41, 5.74) is 0.946. The lowest BCUT2D eigenvalue weighted by Crippen LogP contribution is -2.44. The van der Waals surface area contributed by atoms with E-state index in [1.165, 1.54) is 12.8 Å². The molecule has 154 valence electrons. The van der Waals surface area contributed by atoms with Gasteiger partial charge in [0.2, 0.25) is 10.0 Å². The van der Waals surface area contributed by atoms with E-state index < -0.39 is 10.0 Å². The number of nitrogens with one attached hydrogen (secondary N) is 1. The van der Waals surface area contributed by atoms with Crippen LogP contribution in [-0.4, -0.2) is 54.6 Å². The number of likely N-dealkylation sites (tertiary alicyclic amines) is 1. The molecule has 2 amide bonds. The van der Waals surface area contributed by atoms with Crippen molar-refractivity contribution in [2.45, 2.75) is 56.4 Å². The quantitative estimate of drug-likeness (QED) is 0.808. The van der Waals surface area contributed by atoms with E-state index in [4.69, 9.17) is 11.6 Å². The predicted octanol–water partition coefficient (Wildman–Crippen LogP) is 3.22. The van der Waals surface area contributed by atoms with Gasteiger partial charge in [-0.3, -0.25) is 0 Å². The molecule has 1 aliphatic carbocycles. The molecule has 1 saturated carbocycles. The van der Waals surface area contributed by atoms with Gasteiger partial charge in [0.25, 0.3) is 0 Å². The average Bonchev–Trinajstić information content (AvgIpc) is 3.17. The monoisotopic (exact) mass is 425 g/mol. The van der Waals surface area contributed by atoms with Crippen LogP contribution in [0.25, 0.3) is 0 Å². The Morgan fingerprint density at radius 3 is 2.46 bits per heavy atom. The van der Waals surface area contributed by atoms with Crippen molar-refractivity contribution in [1.29, 1.82) is 0 Å². The molecule has 1 aromatic rings. The van der Waals surface area contributed by atoms with Crippen LogP contribution in [0.3, 0.4) is 0 Å². The third-order valence-corrected chi connectivity index (χ3v) is 9.04. The van der Waals surface area contributed by atoms with Crippen molar-refractivity contribution in [3.63, 3.8) is 0 Å². The zero-order valence-electron chi connectivity index (χ0n) is 16.0. The second-order valence-corrected chi connectivity index (χ2v) is 10.8. The fraction of sp³-hybridized carbons (Fsp3) is 0.650. The molecule has 6 nitrogen and oxygen atoms in total. The highest BCUT2D eigenvalue weighted by Gasteiger charge is 2.47. The molecule has 1 N–H and O–H groups in total. The lowest BCUT2D eigenvalue weighted by Gasteiger charge is -2.24. The summed E-state index contributed by atoms with van der Waals surface area (Å²) in [6.07, 6.45) is 5.71. The molecule has 3 fully saturated rings. The molecule has 4 rings (SSSR count). The normalized spacial score (nSPS) is 28.1. The maximum atomic E-state index is 13.1. The zero-order valence-corrected chi connectivity index (χ0v) is 17.6. The summed E-state index contributed by atoms with van der Waals surface area (Å²) in [7, 11) is -3.35. The molecule has 2 aliphatic heterocycles. The number of urea groups is 1. The highest BCUT2D eigenvalue weighted by Crippen LogP contribution is 2.35. The summed E-state index contributed by atoms with van der Waals surface area (Å²) in [4.78, 5) is 14.4. The average molecular weight is 426 g/mol. The second-order valence-electron chi connectivity index (χ2n) is 8.26. The van der Waals surface area contributed by atoms with Crippen LogP contribution in [-0.2, 0) is 16.6 Å². The Bertz CT molecular complexity index is 808. The van der Waals surface area contributed by atoms with E-state index in [0.717, 1.165) is 24.8 Å². The van der Waals surface area contributed by atoms with Gasteiger partial charge in [-0.05, 0) is 49.3 Å². The number of amides is 2. The van der Waals surface area contributed by atoms with Gasteiger partial charge in [0, 0.05) is 37.2 Å². The van der Waals surface area contributed by atoms with Gasteiger partial charge in [-0.1, -0.05) is 36.6 Å². The van der Waals surface area contributed by atoms with Crippen molar-refractivity contribution in [3.05, 3.63) is 34.9 Å². The number of fused-ring (bicyclic) bond motifs is 1. The van der Waals surface area contributed by atoms with E-state index in [1.807, 2.05) is 17.0 Å². The summed E-state index contributed by atoms with van der Waals surface area (Å²) < 4.78 is 27.8. The van der Waals surface area contributed by atoms with Gasteiger partial charge in [-0.25, -0.2) is 13.2 Å². The van der Waals surface area contributed by atoms with Crippen molar-refractivity contribution < 1.29 is 13.2 Å². The van der Waals surface area contributed by atoms with Crippen LogP contribution >= 0.6 is 11.6 Å². The maximum Gasteiger partial charge on any atom is 0.317 e. The summed E-state index contributed by atoms with van der Waals surface area (Å²) >= 11 is 5.93. The Kier molecular flexibility index (Phi) is 5.86. The molecular formula is C20H28ClN3O3S. The first-order valence-corrected chi connectivity index (χ1v) is 12.1. The zero-order chi connectivity index (χ0) is 19.7. The van der Waals surface area contributed by atoms with E-state index in [1.54, 1.807) is 16.4 Å². The van der Waals surface area contributed by atoms with Crippen LogP contribution in [0.2, 0.25) is 5.02 Å². The van der Waals surface area contributed by atoms with Crippen LogP contribution in [0, 0.1) is 5.92 Å². The van der Waals surface area contributed by atoms with Gasteiger partial charge in [-0.2, -0.15) is 4.31 Å². The molecule has 2 atom stereocenters. The fourth-order valence-electron chi connectivity index (χ4n) is 4.78. The molecule has 0 spiro atoms. The number of halogens is 1. The van der Waals surface area contributed by atoms with Crippen molar-refractivity contribution in [1.82, 2.24) is 14.5 Å². The second kappa shape index (κ2) is 8.20. The summed E-state index contributed by atoms with van der Waals surface area (Å²) in [6.45, 7) is 2.06. The first-order chi connectivity index (χ1) is 13.4. The van der Waals surface area contributed by atoms with Gasteiger partial charge >= 0.3 is 6.03 Å². The largest absolute Gasteiger partial charge is 0.335 e. The minimum absolute atomic E-state index is 0.0257. The Morgan fingerprint density at radius 1 is 1.07 bits per heavy atom. The molecule has 3 aliphatic rings. The van der Waals surface area contributed by atoms with Crippen molar-refractivity contribution in [2.75, 3.05) is 19.6 Å². The minimum atomic E-state index is -3.35.